The molecule has 0 aliphatic heterocycles. The standard InChI is InChI=1S/C21H28N4OS/c1-6-15(7-2)19(18-9-8-10-27-18)24-21(26)17-11-16-12-22-25(13(3)4)20(16)23-14(17)5/h8-13,15,19H,6-7H2,1-5H3,(H,24,26). The zero-order valence-corrected chi connectivity index (χ0v) is 17.5. The molecule has 1 atom stereocenters. The Morgan fingerprint density at radius 3 is 2.63 bits per heavy atom. The van der Waals surface area contributed by atoms with Gasteiger partial charge in [0.25, 0.3) is 5.91 Å². The van der Waals surface area contributed by atoms with Gasteiger partial charge in [0.2, 0.25) is 0 Å². The molecule has 1 N–H and O–H groups in total. The van der Waals surface area contributed by atoms with Crippen LogP contribution in [0.15, 0.2) is 29.8 Å². The lowest BCUT2D eigenvalue weighted by Gasteiger charge is -2.26. The highest BCUT2D eigenvalue weighted by molar-refractivity contribution is 7.10. The number of pyridine rings is 1. The molecule has 27 heavy (non-hydrogen) atoms. The second-order valence-electron chi connectivity index (χ2n) is 7.26. The molecule has 5 nitrogen and oxygen atoms in total. The van der Waals surface area contributed by atoms with Gasteiger partial charge in [0.1, 0.15) is 0 Å². The van der Waals surface area contributed by atoms with Gasteiger partial charge in [-0.3, -0.25) is 4.79 Å². The molecule has 0 saturated carbocycles. The molecule has 0 saturated heterocycles. The van der Waals surface area contributed by atoms with Crippen LogP contribution in [0.4, 0.5) is 0 Å². The molecule has 3 rings (SSSR count). The van der Waals surface area contributed by atoms with Crippen molar-refractivity contribution in [1.82, 2.24) is 20.1 Å². The summed E-state index contributed by atoms with van der Waals surface area (Å²) in [5, 5.41) is 10.7. The summed E-state index contributed by atoms with van der Waals surface area (Å²) >= 11 is 1.70. The monoisotopic (exact) mass is 384 g/mol. The molecule has 3 heterocycles. The lowest BCUT2D eigenvalue weighted by atomic mass is 9.92. The zero-order valence-electron chi connectivity index (χ0n) is 16.7. The van der Waals surface area contributed by atoms with E-state index in [-0.39, 0.29) is 18.0 Å². The molecular weight excluding hydrogens is 356 g/mol. The van der Waals surface area contributed by atoms with Crippen molar-refractivity contribution in [2.24, 2.45) is 5.92 Å². The van der Waals surface area contributed by atoms with Crippen LogP contribution in [0.5, 0.6) is 0 Å². The van der Waals surface area contributed by atoms with E-state index in [0.717, 1.165) is 29.6 Å². The SMILES string of the molecule is CCC(CC)C(NC(=O)c1cc2cnn(C(C)C)c2nc1C)c1cccs1. The fourth-order valence-electron chi connectivity index (χ4n) is 3.54. The van der Waals surface area contributed by atoms with Crippen molar-refractivity contribution >= 4 is 28.3 Å². The van der Waals surface area contributed by atoms with E-state index in [1.807, 2.05) is 23.7 Å². The maximum atomic E-state index is 13.1. The topological polar surface area (TPSA) is 59.8 Å². The zero-order chi connectivity index (χ0) is 19.6. The number of thiophene rings is 1. The van der Waals surface area contributed by atoms with E-state index in [0.29, 0.717) is 11.5 Å². The van der Waals surface area contributed by atoms with E-state index in [4.69, 9.17) is 0 Å². The molecule has 3 aromatic rings. The largest absolute Gasteiger partial charge is 0.344 e. The van der Waals surface area contributed by atoms with Crippen molar-refractivity contribution in [3.63, 3.8) is 0 Å². The van der Waals surface area contributed by atoms with E-state index >= 15 is 0 Å². The number of aryl methyl sites for hydroxylation is 1. The summed E-state index contributed by atoms with van der Waals surface area (Å²) in [6.07, 6.45) is 3.84. The molecule has 0 aliphatic rings. The van der Waals surface area contributed by atoms with Gasteiger partial charge < -0.3 is 5.32 Å². The van der Waals surface area contributed by atoms with Crippen LogP contribution in [0.3, 0.4) is 0 Å². The number of hydrogen-bond acceptors (Lipinski definition) is 4. The maximum Gasteiger partial charge on any atom is 0.253 e. The molecule has 0 aromatic carbocycles. The highest BCUT2D eigenvalue weighted by atomic mass is 32.1. The van der Waals surface area contributed by atoms with Crippen LogP contribution in [0.25, 0.3) is 11.0 Å². The number of rotatable bonds is 7. The molecule has 0 fully saturated rings. The maximum absolute atomic E-state index is 13.1. The number of hydrogen-bond donors (Lipinski definition) is 1. The Hall–Kier alpha value is -2.21. The second kappa shape index (κ2) is 8.21. The lowest BCUT2D eigenvalue weighted by Crippen LogP contribution is -2.33. The molecule has 1 amide bonds. The Bertz CT molecular complexity index is 910. The van der Waals surface area contributed by atoms with Crippen molar-refractivity contribution < 1.29 is 4.79 Å². The van der Waals surface area contributed by atoms with E-state index in [9.17, 15) is 4.79 Å². The third-order valence-electron chi connectivity index (χ3n) is 5.15. The van der Waals surface area contributed by atoms with E-state index in [1.54, 1.807) is 17.5 Å². The van der Waals surface area contributed by atoms with Crippen molar-refractivity contribution in [1.29, 1.82) is 0 Å². The average molecular weight is 385 g/mol. The van der Waals surface area contributed by atoms with Gasteiger partial charge in [0.15, 0.2) is 5.65 Å². The first-order valence-corrected chi connectivity index (χ1v) is 10.5. The summed E-state index contributed by atoms with van der Waals surface area (Å²) in [5.74, 6) is 0.345. The summed E-state index contributed by atoms with van der Waals surface area (Å²) in [4.78, 5) is 19.0. The Kier molecular flexibility index (Phi) is 5.95. The quantitative estimate of drug-likeness (QED) is 0.602. The first kappa shape index (κ1) is 19.5. The van der Waals surface area contributed by atoms with Crippen LogP contribution in [-0.2, 0) is 0 Å². The van der Waals surface area contributed by atoms with Crippen LogP contribution in [0, 0.1) is 12.8 Å². The van der Waals surface area contributed by atoms with Gasteiger partial charge in [0.05, 0.1) is 23.5 Å². The highest BCUT2D eigenvalue weighted by Gasteiger charge is 2.25. The Balaban J connectivity index is 1.93. The van der Waals surface area contributed by atoms with Gasteiger partial charge in [-0.2, -0.15) is 5.10 Å². The van der Waals surface area contributed by atoms with Crippen LogP contribution in [-0.4, -0.2) is 20.7 Å². The van der Waals surface area contributed by atoms with E-state index in [1.165, 1.54) is 4.88 Å². The highest BCUT2D eigenvalue weighted by Crippen LogP contribution is 2.31. The fraction of sp³-hybridized carbons (Fsp3) is 0.476. The number of amides is 1. The lowest BCUT2D eigenvalue weighted by molar-refractivity contribution is 0.0919. The van der Waals surface area contributed by atoms with Crippen LogP contribution in [0.2, 0.25) is 0 Å². The number of nitrogens with zero attached hydrogens (tertiary/aromatic N) is 3. The minimum Gasteiger partial charge on any atom is -0.344 e. The molecule has 0 aliphatic carbocycles. The average Bonchev–Trinajstić information content (AvgIpc) is 3.30. The van der Waals surface area contributed by atoms with Crippen LogP contribution >= 0.6 is 11.3 Å². The molecule has 1 unspecified atom stereocenters. The smallest absolute Gasteiger partial charge is 0.253 e. The summed E-state index contributed by atoms with van der Waals surface area (Å²) in [6.45, 7) is 10.4. The summed E-state index contributed by atoms with van der Waals surface area (Å²) in [7, 11) is 0. The van der Waals surface area contributed by atoms with E-state index in [2.05, 4.69) is 54.5 Å². The molecule has 144 valence electrons. The molecule has 0 bridgehead atoms. The molecule has 3 aromatic heterocycles. The second-order valence-corrected chi connectivity index (χ2v) is 8.24. The Morgan fingerprint density at radius 1 is 1.30 bits per heavy atom. The number of aromatic nitrogens is 3. The van der Waals surface area contributed by atoms with Gasteiger partial charge in [0, 0.05) is 16.3 Å². The van der Waals surface area contributed by atoms with Gasteiger partial charge >= 0.3 is 0 Å². The first-order chi connectivity index (χ1) is 13.0. The van der Waals surface area contributed by atoms with Crippen LogP contribution < -0.4 is 5.32 Å². The Labute approximate surface area is 164 Å². The third-order valence-corrected chi connectivity index (χ3v) is 6.11. The number of fused-ring (bicyclic) bond motifs is 1. The third kappa shape index (κ3) is 3.90. The Morgan fingerprint density at radius 2 is 2.04 bits per heavy atom. The van der Waals surface area contributed by atoms with Crippen LogP contribution in [0.1, 0.15) is 73.5 Å². The molecule has 0 radical (unpaired) electrons. The molecule has 0 spiro atoms. The van der Waals surface area contributed by atoms with Crippen molar-refractivity contribution in [3.8, 4) is 0 Å². The van der Waals surface area contributed by atoms with Crippen molar-refractivity contribution in [2.75, 3.05) is 0 Å². The van der Waals surface area contributed by atoms with Gasteiger partial charge in [-0.15, -0.1) is 11.3 Å². The number of nitrogens with one attached hydrogen (secondary N) is 1. The number of carbonyl (C=O) groups excluding carboxylic acids is 1. The predicted molar refractivity (Wildman–Crippen MR) is 111 cm³/mol. The molecular formula is C21H28N4OS. The van der Waals surface area contributed by atoms with E-state index < -0.39 is 0 Å². The number of carbonyl (C=O) groups is 1. The summed E-state index contributed by atoms with van der Waals surface area (Å²) in [5.41, 5.74) is 2.18. The van der Waals surface area contributed by atoms with Crippen molar-refractivity contribution in [2.45, 2.75) is 59.5 Å². The molecule has 6 heteroatoms. The fourth-order valence-corrected chi connectivity index (χ4v) is 4.41. The summed E-state index contributed by atoms with van der Waals surface area (Å²) in [6, 6.07) is 6.32. The normalized spacial score (nSPS) is 12.9. The van der Waals surface area contributed by atoms with Crippen molar-refractivity contribution in [3.05, 3.63) is 45.9 Å². The first-order valence-electron chi connectivity index (χ1n) is 9.65. The summed E-state index contributed by atoms with van der Waals surface area (Å²) < 4.78 is 1.89. The minimum atomic E-state index is -0.0653. The van der Waals surface area contributed by atoms with Gasteiger partial charge in [-0.25, -0.2) is 9.67 Å². The predicted octanol–water partition coefficient (Wildman–Crippen LogP) is 5.29. The van der Waals surface area contributed by atoms with Gasteiger partial charge in [-0.05, 0) is 44.2 Å². The minimum absolute atomic E-state index is 0.0287. The van der Waals surface area contributed by atoms with Gasteiger partial charge in [-0.1, -0.05) is 32.8 Å².